The minimum absolute atomic E-state index is 0.0910. The zero-order valence-corrected chi connectivity index (χ0v) is 11.7. The van der Waals surface area contributed by atoms with Crippen molar-refractivity contribution in [2.75, 3.05) is 0 Å². The monoisotopic (exact) mass is 300 g/mol. The van der Waals surface area contributed by atoms with Gasteiger partial charge in [-0.05, 0) is 48.1 Å². The lowest BCUT2D eigenvalue weighted by molar-refractivity contribution is -0.137. The Balaban J connectivity index is 2.15. The van der Waals surface area contributed by atoms with Gasteiger partial charge in [-0.3, -0.25) is 11.3 Å². The van der Waals surface area contributed by atoms with Gasteiger partial charge in [0.1, 0.15) is 0 Å². The Morgan fingerprint density at radius 3 is 2.30 bits per heavy atom. The van der Waals surface area contributed by atoms with Gasteiger partial charge in [0.05, 0.1) is 11.6 Å². The van der Waals surface area contributed by atoms with Gasteiger partial charge in [0.15, 0.2) is 0 Å². The van der Waals surface area contributed by atoms with Crippen LogP contribution in [0.1, 0.15) is 27.6 Å². The summed E-state index contributed by atoms with van der Waals surface area (Å²) in [5, 5.41) is 1.97. The van der Waals surface area contributed by atoms with E-state index in [1.54, 1.807) is 11.3 Å². The molecule has 0 aliphatic carbocycles. The van der Waals surface area contributed by atoms with Crippen LogP contribution < -0.4 is 11.3 Å². The SMILES string of the molecule is Cc1ccsc1C(Cc1ccc(C(F)(F)F)cc1)NN. The van der Waals surface area contributed by atoms with Gasteiger partial charge in [0.2, 0.25) is 0 Å². The maximum Gasteiger partial charge on any atom is 0.416 e. The number of benzene rings is 1. The van der Waals surface area contributed by atoms with E-state index in [2.05, 4.69) is 5.43 Å². The van der Waals surface area contributed by atoms with Gasteiger partial charge in [-0.15, -0.1) is 11.3 Å². The molecule has 1 aromatic carbocycles. The summed E-state index contributed by atoms with van der Waals surface area (Å²) < 4.78 is 37.5. The Morgan fingerprint density at radius 1 is 1.20 bits per heavy atom. The number of hydrogen-bond donors (Lipinski definition) is 2. The summed E-state index contributed by atoms with van der Waals surface area (Å²) in [6.45, 7) is 1.99. The van der Waals surface area contributed by atoms with Gasteiger partial charge in [0.25, 0.3) is 0 Å². The Labute approximate surface area is 119 Å². The van der Waals surface area contributed by atoms with Crippen molar-refractivity contribution in [3.05, 3.63) is 57.3 Å². The van der Waals surface area contributed by atoms with E-state index in [0.717, 1.165) is 28.1 Å². The van der Waals surface area contributed by atoms with Crippen LogP contribution in [0.3, 0.4) is 0 Å². The molecule has 20 heavy (non-hydrogen) atoms. The number of aryl methyl sites for hydroxylation is 1. The van der Waals surface area contributed by atoms with Gasteiger partial charge in [-0.2, -0.15) is 13.2 Å². The first kappa shape index (κ1) is 15.0. The van der Waals surface area contributed by atoms with Crippen molar-refractivity contribution in [3.63, 3.8) is 0 Å². The summed E-state index contributed by atoms with van der Waals surface area (Å²) in [4.78, 5) is 1.10. The van der Waals surface area contributed by atoms with Crippen LogP contribution in [0, 0.1) is 6.92 Å². The summed E-state index contributed by atoms with van der Waals surface area (Å²) in [7, 11) is 0. The molecule has 0 aliphatic rings. The quantitative estimate of drug-likeness (QED) is 0.665. The van der Waals surface area contributed by atoms with E-state index in [4.69, 9.17) is 5.84 Å². The smallest absolute Gasteiger partial charge is 0.271 e. The molecule has 0 radical (unpaired) electrons. The second-order valence-electron chi connectivity index (χ2n) is 4.59. The van der Waals surface area contributed by atoms with E-state index >= 15 is 0 Å². The Hall–Kier alpha value is -1.37. The molecule has 1 aromatic heterocycles. The van der Waals surface area contributed by atoms with Gasteiger partial charge >= 0.3 is 6.18 Å². The highest BCUT2D eigenvalue weighted by Crippen LogP contribution is 2.30. The molecule has 2 aromatic rings. The van der Waals surface area contributed by atoms with Gasteiger partial charge in [-0.25, -0.2) is 0 Å². The van der Waals surface area contributed by atoms with Crippen LogP contribution in [0.25, 0.3) is 0 Å². The number of hydrogen-bond acceptors (Lipinski definition) is 3. The third-order valence-corrected chi connectivity index (χ3v) is 4.27. The van der Waals surface area contributed by atoms with E-state index in [0.29, 0.717) is 6.42 Å². The Morgan fingerprint density at radius 2 is 1.85 bits per heavy atom. The minimum Gasteiger partial charge on any atom is -0.271 e. The fraction of sp³-hybridized carbons (Fsp3) is 0.286. The zero-order chi connectivity index (χ0) is 14.8. The molecule has 0 bridgehead atoms. The molecular weight excluding hydrogens is 285 g/mol. The van der Waals surface area contributed by atoms with Crippen molar-refractivity contribution in [2.45, 2.75) is 25.6 Å². The first-order valence-corrected chi connectivity index (χ1v) is 6.96. The molecule has 0 amide bonds. The highest BCUT2D eigenvalue weighted by Gasteiger charge is 2.30. The fourth-order valence-electron chi connectivity index (χ4n) is 2.03. The van der Waals surface area contributed by atoms with Crippen molar-refractivity contribution in [3.8, 4) is 0 Å². The highest BCUT2D eigenvalue weighted by molar-refractivity contribution is 7.10. The molecule has 0 saturated carbocycles. The highest BCUT2D eigenvalue weighted by atomic mass is 32.1. The van der Waals surface area contributed by atoms with Crippen LogP contribution in [0.5, 0.6) is 0 Å². The van der Waals surface area contributed by atoms with Crippen LogP contribution in [0.4, 0.5) is 13.2 Å². The number of thiophene rings is 1. The van der Waals surface area contributed by atoms with E-state index in [1.807, 2.05) is 18.4 Å². The van der Waals surface area contributed by atoms with Gasteiger partial charge in [-0.1, -0.05) is 12.1 Å². The third kappa shape index (κ3) is 3.39. The molecule has 2 nitrogen and oxygen atoms in total. The molecule has 1 heterocycles. The van der Waals surface area contributed by atoms with Crippen LogP contribution in [0.15, 0.2) is 35.7 Å². The molecule has 0 saturated heterocycles. The van der Waals surface area contributed by atoms with Crippen molar-refractivity contribution < 1.29 is 13.2 Å². The molecule has 1 atom stereocenters. The summed E-state index contributed by atoms with van der Waals surface area (Å²) >= 11 is 1.59. The van der Waals surface area contributed by atoms with Crippen molar-refractivity contribution >= 4 is 11.3 Å². The van der Waals surface area contributed by atoms with E-state index in [-0.39, 0.29) is 6.04 Å². The van der Waals surface area contributed by atoms with Crippen LogP contribution in [-0.2, 0) is 12.6 Å². The number of rotatable bonds is 4. The maximum absolute atomic E-state index is 12.5. The molecule has 3 N–H and O–H groups in total. The Kier molecular flexibility index (Phi) is 4.47. The maximum atomic E-state index is 12.5. The van der Waals surface area contributed by atoms with E-state index in [1.165, 1.54) is 12.1 Å². The number of hydrazine groups is 1. The second-order valence-corrected chi connectivity index (χ2v) is 5.53. The van der Waals surface area contributed by atoms with Crippen molar-refractivity contribution in [2.24, 2.45) is 5.84 Å². The van der Waals surface area contributed by atoms with Gasteiger partial charge < -0.3 is 0 Å². The molecule has 108 valence electrons. The zero-order valence-electron chi connectivity index (χ0n) is 10.9. The molecule has 6 heteroatoms. The number of halogens is 3. The van der Waals surface area contributed by atoms with Crippen LogP contribution >= 0.6 is 11.3 Å². The molecule has 0 spiro atoms. The number of nitrogens with one attached hydrogen (secondary N) is 1. The lowest BCUT2D eigenvalue weighted by atomic mass is 10.0. The lowest BCUT2D eigenvalue weighted by Gasteiger charge is -2.16. The van der Waals surface area contributed by atoms with Crippen LogP contribution in [0.2, 0.25) is 0 Å². The first-order valence-electron chi connectivity index (χ1n) is 6.08. The number of alkyl halides is 3. The molecular formula is C14H15F3N2S. The molecule has 2 rings (SSSR count). The number of nitrogens with two attached hydrogens (primary N) is 1. The first-order chi connectivity index (χ1) is 9.41. The van der Waals surface area contributed by atoms with Gasteiger partial charge in [0, 0.05) is 4.88 Å². The second kappa shape index (κ2) is 5.95. The third-order valence-electron chi connectivity index (χ3n) is 3.14. The fourth-order valence-corrected chi connectivity index (χ4v) is 3.02. The minimum atomic E-state index is -4.30. The van der Waals surface area contributed by atoms with Crippen LogP contribution in [-0.4, -0.2) is 0 Å². The normalized spacial score (nSPS) is 13.4. The average molecular weight is 300 g/mol. The summed E-state index contributed by atoms with van der Waals surface area (Å²) in [5.41, 5.74) is 4.04. The average Bonchev–Trinajstić information content (AvgIpc) is 2.82. The molecule has 0 aliphatic heterocycles. The van der Waals surface area contributed by atoms with Crippen molar-refractivity contribution in [1.29, 1.82) is 0 Å². The largest absolute Gasteiger partial charge is 0.416 e. The Bertz CT molecular complexity index is 561. The predicted octanol–water partition coefficient (Wildman–Crippen LogP) is 3.82. The lowest BCUT2D eigenvalue weighted by Crippen LogP contribution is -2.29. The standard InChI is InChI=1S/C14H15F3N2S/c1-9-6-7-20-13(9)12(19-18)8-10-2-4-11(5-3-10)14(15,16)17/h2-7,12,19H,8,18H2,1H3. The van der Waals surface area contributed by atoms with E-state index in [9.17, 15) is 13.2 Å². The predicted molar refractivity (Wildman–Crippen MR) is 74.3 cm³/mol. The summed E-state index contributed by atoms with van der Waals surface area (Å²) in [5.74, 6) is 5.56. The van der Waals surface area contributed by atoms with E-state index < -0.39 is 11.7 Å². The molecule has 0 fully saturated rings. The topological polar surface area (TPSA) is 38.0 Å². The molecule has 1 unspecified atom stereocenters. The summed E-state index contributed by atoms with van der Waals surface area (Å²) in [6, 6.07) is 7.10. The van der Waals surface area contributed by atoms with Crippen molar-refractivity contribution in [1.82, 2.24) is 5.43 Å². The summed E-state index contributed by atoms with van der Waals surface area (Å²) in [6.07, 6.45) is -3.75.